The molecule has 0 aliphatic carbocycles. The third kappa shape index (κ3) is 7.92. The molecule has 0 bridgehead atoms. The maximum absolute atomic E-state index is 15.6. The lowest BCUT2D eigenvalue weighted by atomic mass is 10.1. The number of rotatable bonds is 12. The van der Waals surface area contributed by atoms with Crippen LogP contribution in [0, 0.1) is 0 Å². The van der Waals surface area contributed by atoms with Crippen LogP contribution in [-0.2, 0) is 18.2 Å². The first-order valence-corrected chi connectivity index (χ1v) is 11.3. The summed E-state index contributed by atoms with van der Waals surface area (Å²) in [5, 5.41) is 0. The van der Waals surface area contributed by atoms with E-state index in [1.807, 2.05) is 0 Å². The molecule has 4 N–H and O–H groups in total. The Morgan fingerprint density at radius 2 is 1.84 bits per heavy atom. The van der Waals surface area contributed by atoms with Crippen molar-refractivity contribution in [3.63, 3.8) is 0 Å². The summed E-state index contributed by atoms with van der Waals surface area (Å²) in [5.41, 5.74) is 13.1. The largest absolute Gasteiger partial charge is 0.573 e. The van der Waals surface area contributed by atoms with Crippen LogP contribution in [0.3, 0.4) is 0 Å². The van der Waals surface area contributed by atoms with Gasteiger partial charge in [-0.3, -0.25) is 4.79 Å². The van der Waals surface area contributed by atoms with Crippen LogP contribution in [-0.4, -0.2) is 46.9 Å². The van der Waals surface area contributed by atoms with Crippen molar-refractivity contribution in [1.82, 2.24) is 9.55 Å². The molecule has 2 atom stereocenters. The molecule has 12 heteroatoms. The number of carbonyl (C=O) groups excluding carboxylic acids is 1. The summed E-state index contributed by atoms with van der Waals surface area (Å²) >= 11 is 0. The lowest BCUT2D eigenvalue weighted by Gasteiger charge is -2.31. The molecule has 0 aliphatic heterocycles. The van der Waals surface area contributed by atoms with Gasteiger partial charge in [-0.05, 0) is 55.8 Å². The number of hydrogen-bond donors (Lipinski definition) is 2. The van der Waals surface area contributed by atoms with Crippen LogP contribution in [0.15, 0.2) is 55.0 Å². The monoisotopic (exact) mass is 524 g/mol. The third-order valence-electron chi connectivity index (χ3n) is 5.45. The van der Waals surface area contributed by atoms with E-state index < -0.39 is 24.2 Å². The Morgan fingerprint density at radius 1 is 1.14 bits per heavy atom. The maximum atomic E-state index is 15.6. The summed E-state index contributed by atoms with van der Waals surface area (Å²) in [6.07, 6.45) is -2.31. The van der Waals surface area contributed by atoms with E-state index >= 15 is 4.39 Å². The van der Waals surface area contributed by atoms with Gasteiger partial charge in [-0.1, -0.05) is 12.1 Å². The highest BCUT2D eigenvalue weighted by atomic mass is 19.4. The summed E-state index contributed by atoms with van der Waals surface area (Å²) in [6.45, 7) is 1.16. The van der Waals surface area contributed by atoms with E-state index in [-0.39, 0.29) is 43.1 Å². The Bertz CT molecular complexity index is 1200. The molecule has 0 saturated heterocycles. The number of alkyl halides is 4. The number of nitrogens with two attached hydrogens (primary N) is 2. The van der Waals surface area contributed by atoms with Crippen molar-refractivity contribution in [1.29, 1.82) is 0 Å². The lowest BCUT2D eigenvalue weighted by molar-refractivity contribution is -0.274. The second-order valence-corrected chi connectivity index (χ2v) is 8.46. The summed E-state index contributed by atoms with van der Waals surface area (Å²) < 4.78 is 69.4. The molecule has 2 unspecified atom stereocenters. The Balaban J connectivity index is 1.68. The fourth-order valence-corrected chi connectivity index (χ4v) is 3.59. The summed E-state index contributed by atoms with van der Waals surface area (Å²) in [7, 11) is 1.81. The minimum atomic E-state index is -4.79. The molecule has 8 nitrogen and oxygen atoms in total. The smallest absolute Gasteiger partial charge is 0.484 e. The number of benzene rings is 2. The molecule has 0 spiro atoms. The topological polar surface area (TPSA) is 115 Å². The fourth-order valence-electron chi connectivity index (χ4n) is 3.59. The summed E-state index contributed by atoms with van der Waals surface area (Å²) in [6, 6.07) is 9.88. The van der Waals surface area contributed by atoms with Gasteiger partial charge >= 0.3 is 6.36 Å². The molecule has 2 aromatic carbocycles. The number of hydrogen-bond acceptors (Lipinski definition) is 6. The SMILES string of the molecule is Cn1cnc(-c2ccc(OC(CCN)C(C)(F)OCCc3ccc(OC(F)(F)F)cc3)c(C(N)=O)c2)c1. The molecule has 0 aliphatic rings. The third-order valence-corrected chi connectivity index (χ3v) is 5.45. The molecule has 1 amide bonds. The van der Waals surface area contributed by atoms with E-state index in [2.05, 4.69) is 9.72 Å². The van der Waals surface area contributed by atoms with Gasteiger partial charge in [-0.15, -0.1) is 13.2 Å². The van der Waals surface area contributed by atoms with Gasteiger partial charge in [0.05, 0.1) is 24.2 Å². The van der Waals surface area contributed by atoms with Crippen molar-refractivity contribution in [2.24, 2.45) is 18.5 Å². The van der Waals surface area contributed by atoms with Crippen molar-refractivity contribution >= 4 is 5.91 Å². The fraction of sp³-hybridized carbons (Fsp3) is 0.360. The normalized spacial score (nSPS) is 14.1. The highest BCUT2D eigenvalue weighted by molar-refractivity contribution is 5.97. The second-order valence-electron chi connectivity index (χ2n) is 8.46. The van der Waals surface area contributed by atoms with Gasteiger partial charge < -0.3 is 30.2 Å². The molecular formula is C25H28F4N4O4. The van der Waals surface area contributed by atoms with Crippen LogP contribution in [0.2, 0.25) is 0 Å². The average molecular weight is 525 g/mol. The van der Waals surface area contributed by atoms with Crippen LogP contribution in [0.4, 0.5) is 17.6 Å². The number of carbonyl (C=O) groups is 1. The number of halogens is 4. The predicted octanol–water partition coefficient (Wildman–Crippen LogP) is 4.13. The van der Waals surface area contributed by atoms with E-state index in [0.29, 0.717) is 16.8 Å². The van der Waals surface area contributed by atoms with Crippen LogP contribution < -0.4 is 20.9 Å². The number of amides is 1. The van der Waals surface area contributed by atoms with Crippen LogP contribution in [0.25, 0.3) is 11.3 Å². The van der Waals surface area contributed by atoms with Gasteiger partial charge in [-0.2, -0.15) is 0 Å². The zero-order chi connectivity index (χ0) is 27.2. The maximum Gasteiger partial charge on any atom is 0.573 e. The Labute approximate surface area is 211 Å². The Kier molecular flexibility index (Phi) is 8.77. The predicted molar refractivity (Wildman–Crippen MR) is 128 cm³/mol. The molecule has 1 aromatic heterocycles. The van der Waals surface area contributed by atoms with Gasteiger partial charge in [0.25, 0.3) is 5.91 Å². The highest BCUT2D eigenvalue weighted by Crippen LogP contribution is 2.31. The number of aryl methyl sites for hydroxylation is 1. The van der Waals surface area contributed by atoms with Gasteiger partial charge in [0.2, 0.25) is 5.85 Å². The van der Waals surface area contributed by atoms with E-state index in [9.17, 15) is 18.0 Å². The van der Waals surface area contributed by atoms with Gasteiger partial charge in [-0.25, -0.2) is 9.37 Å². The van der Waals surface area contributed by atoms with Crippen LogP contribution >= 0.6 is 0 Å². The lowest BCUT2D eigenvalue weighted by Crippen LogP contribution is -2.43. The number of imidazole rings is 1. The molecule has 200 valence electrons. The van der Waals surface area contributed by atoms with Gasteiger partial charge in [0.15, 0.2) is 6.10 Å². The number of aromatic nitrogens is 2. The Morgan fingerprint density at radius 3 is 2.41 bits per heavy atom. The molecular weight excluding hydrogens is 496 g/mol. The second kappa shape index (κ2) is 11.6. The zero-order valence-corrected chi connectivity index (χ0v) is 20.3. The highest BCUT2D eigenvalue weighted by Gasteiger charge is 2.37. The minimum Gasteiger partial charge on any atom is -0.484 e. The van der Waals surface area contributed by atoms with E-state index in [4.69, 9.17) is 20.9 Å². The molecule has 0 radical (unpaired) electrons. The summed E-state index contributed by atoms with van der Waals surface area (Å²) in [4.78, 5) is 16.4. The molecule has 0 saturated carbocycles. The molecule has 0 fully saturated rings. The van der Waals surface area contributed by atoms with Gasteiger partial charge in [0, 0.05) is 25.2 Å². The molecule has 3 rings (SSSR count). The number of ether oxygens (including phenoxy) is 3. The number of primary amides is 1. The van der Waals surface area contributed by atoms with Crippen LogP contribution in [0.5, 0.6) is 11.5 Å². The van der Waals surface area contributed by atoms with Crippen molar-refractivity contribution in [2.45, 2.75) is 38.1 Å². The van der Waals surface area contributed by atoms with E-state index in [0.717, 1.165) is 12.1 Å². The average Bonchev–Trinajstić information content (AvgIpc) is 3.25. The molecule has 1 heterocycles. The van der Waals surface area contributed by atoms with Crippen molar-refractivity contribution in [3.05, 3.63) is 66.1 Å². The first kappa shape index (κ1) is 27.9. The van der Waals surface area contributed by atoms with Crippen molar-refractivity contribution < 1.29 is 36.6 Å². The first-order valence-electron chi connectivity index (χ1n) is 11.3. The minimum absolute atomic E-state index is 0.0436. The van der Waals surface area contributed by atoms with E-state index in [1.165, 1.54) is 31.2 Å². The molecule has 3 aromatic rings. The molecule has 37 heavy (non-hydrogen) atoms. The first-order chi connectivity index (χ1) is 17.4. The van der Waals surface area contributed by atoms with Crippen molar-refractivity contribution in [3.8, 4) is 22.8 Å². The number of nitrogens with zero attached hydrogens (tertiary/aromatic N) is 2. The standard InChI is InChI=1S/C25H28F4N4O4/c1-24(26,35-12-10-16-3-6-18(7-4-16)37-25(27,28)29)22(9-11-30)36-21-8-5-17(13-19(21)23(31)34)20-14-33(2)15-32-20/h3-8,13-15,22H,9-12,30H2,1-2H3,(H2,31,34). The summed E-state index contributed by atoms with van der Waals surface area (Å²) in [5.74, 6) is -3.37. The van der Waals surface area contributed by atoms with Gasteiger partial charge in [0.1, 0.15) is 11.5 Å². The van der Waals surface area contributed by atoms with Crippen molar-refractivity contribution in [2.75, 3.05) is 13.2 Å². The Hall–Kier alpha value is -3.64. The zero-order valence-electron chi connectivity index (χ0n) is 20.3. The van der Waals surface area contributed by atoms with Crippen LogP contribution in [0.1, 0.15) is 29.3 Å². The quantitative estimate of drug-likeness (QED) is 0.345. The van der Waals surface area contributed by atoms with E-state index in [1.54, 1.807) is 30.2 Å².